The summed E-state index contributed by atoms with van der Waals surface area (Å²) < 4.78 is 0. The average molecular weight is 303 g/mol. The number of nitrogens with zero attached hydrogens (tertiary/aromatic N) is 1. The quantitative estimate of drug-likeness (QED) is 0.810. The van der Waals surface area contributed by atoms with E-state index in [-0.39, 0.29) is 6.03 Å². The van der Waals surface area contributed by atoms with Crippen LogP contribution in [0.1, 0.15) is 18.4 Å². The van der Waals surface area contributed by atoms with Crippen molar-refractivity contribution in [2.75, 3.05) is 10.6 Å². The third kappa shape index (κ3) is 2.73. The minimum absolute atomic E-state index is 0.378. The molecule has 0 aliphatic heterocycles. The van der Waals surface area contributed by atoms with Gasteiger partial charge in [-0.1, -0.05) is 12.1 Å². The molecule has 0 spiro atoms. The van der Waals surface area contributed by atoms with E-state index in [1.54, 1.807) is 35.8 Å². The second-order valence-corrected chi connectivity index (χ2v) is 5.78. The molecule has 0 saturated heterocycles. The van der Waals surface area contributed by atoms with E-state index in [0.29, 0.717) is 23.7 Å². The van der Waals surface area contributed by atoms with Crippen LogP contribution in [0, 0.1) is 0 Å². The van der Waals surface area contributed by atoms with Crippen molar-refractivity contribution in [1.29, 1.82) is 0 Å². The van der Waals surface area contributed by atoms with Gasteiger partial charge in [0.2, 0.25) is 0 Å². The van der Waals surface area contributed by atoms with Crippen molar-refractivity contribution in [1.82, 2.24) is 4.98 Å². The van der Waals surface area contributed by atoms with Crippen LogP contribution < -0.4 is 10.6 Å². The first kappa shape index (κ1) is 13.6. The van der Waals surface area contributed by atoms with Gasteiger partial charge in [0.15, 0.2) is 5.13 Å². The fourth-order valence-corrected chi connectivity index (χ4v) is 2.69. The fraction of sp³-hybridized carbons (Fsp3) is 0.214. The summed E-state index contributed by atoms with van der Waals surface area (Å²) in [5.41, 5.74) is 0.664. The molecule has 0 bridgehead atoms. The number of benzene rings is 1. The first-order valence-electron chi connectivity index (χ1n) is 6.42. The molecular formula is C14H13N3O3S. The van der Waals surface area contributed by atoms with E-state index in [1.807, 2.05) is 0 Å². The highest BCUT2D eigenvalue weighted by Gasteiger charge is 2.51. The zero-order valence-corrected chi connectivity index (χ0v) is 11.8. The highest BCUT2D eigenvalue weighted by molar-refractivity contribution is 7.13. The number of anilines is 2. The number of thiazole rings is 1. The summed E-state index contributed by atoms with van der Waals surface area (Å²) in [7, 11) is 0. The van der Waals surface area contributed by atoms with Crippen molar-refractivity contribution >= 4 is 34.2 Å². The number of aromatic nitrogens is 1. The third-order valence-electron chi connectivity index (χ3n) is 3.51. The minimum Gasteiger partial charge on any atom is -0.481 e. The highest BCUT2D eigenvalue weighted by Crippen LogP contribution is 2.48. The molecule has 21 heavy (non-hydrogen) atoms. The molecule has 1 aliphatic rings. The van der Waals surface area contributed by atoms with Crippen LogP contribution in [-0.2, 0) is 10.2 Å². The van der Waals surface area contributed by atoms with Crippen molar-refractivity contribution in [3.8, 4) is 0 Å². The summed E-state index contributed by atoms with van der Waals surface area (Å²) in [6.45, 7) is 0. The molecule has 7 heteroatoms. The van der Waals surface area contributed by atoms with Gasteiger partial charge in [-0.2, -0.15) is 0 Å². The molecule has 1 aromatic heterocycles. The number of carbonyl (C=O) groups excluding carboxylic acids is 1. The van der Waals surface area contributed by atoms with E-state index in [0.717, 1.165) is 5.56 Å². The molecule has 1 fully saturated rings. The smallest absolute Gasteiger partial charge is 0.325 e. The molecule has 0 atom stereocenters. The lowest BCUT2D eigenvalue weighted by Gasteiger charge is -2.11. The number of rotatable bonds is 4. The van der Waals surface area contributed by atoms with Gasteiger partial charge >= 0.3 is 12.0 Å². The lowest BCUT2D eigenvalue weighted by Crippen LogP contribution is -2.20. The second kappa shape index (κ2) is 5.17. The Morgan fingerprint density at radius 3 is 2.43 bits per heavy atom. The number of urea groups is 1. The van der Waals surface area contributed by atoms with Gasteiger partial charge in [-0.25, -0.2) is 9.78 Å². The van der Waals surface area contributed by atoms with Gasteiger partial charge in [-0.15, -0.1) is 11.3 Å². The van der Waals surface area contributed by atoms with Crippen LogP contribution in [-0.4, -0.2) is 22.1 Å². The van der Waals surface area contributed by atoms with Gasteiger partial charge in [0.25, 0.3) is 0 Å². The maximum atomic E-state index is 11.7. The van der Waals surface area contributed by atoms with Crippen LogP contribution in [0.3, 0.4) is 0 Å². The average Bonchev–Trinajstić information content (AvgIpc) is 3.12. The first-order valence-corrected chi connectivity index (χ1v) is 7.29. The lowest BCUT2D eigenvalue weighted by atomic mass is 9.96. The zero-order valence-electron chi connectivity index (χ0n) is 11.0. The topological polar surface area (TPSA) is 91.3 Å². The SMILES string of the molecule is O=C(Nc1ccc(C2(C(=O)O)CC2)cc1)Nc1nccs1. The van der Waals surface area contributed by atoms with Crippen molar-refractivity contribution in [2.45, 2.75) is 18.3 Å². The van der Waals surface area contributed by atoms with E-state index in [4.69, 9.17) is 0 Å². The molecule has 3 N–H and O–H groups in total. The third-order valence-corrected chi connectivity index (χ3v) is 4.20. The molecule has 0 radical (unpaired) electrons. The Morgan fingerprint density at radius 1 is 1.19 bits per heavy atom. The molecule has 6 nitrogen and oxygen atoms in total. The van der Waals surface area contributed by atoms with Gasteiger partial charge < -0.3 is 10.4 Å². The predicted octanol–water partition coefficient (Wildman–Crippen LogP) is 2.90. The number of hydrogen-bond acceptors (Lipinski definition) is 4. The van der Waals surface area contributed by atoms with Crippen molar-refractivity contribution in [3.05, 3.63) is 41.4 Å². The van der Waals surface area contributed by atoms with E-state index in [1.165, 1.54) is 11.3 Å². The van der Waals surface area contributed by atoms with Crippen LogP contribution in [0.5, 0.6) is 0 Å². The number of carbonyl (C=O) groups is 2. The van der Waals surface area contributed by atoms with Gasteiger partial charge in [-0.05, 0) is 30.5 Å². The fourth-order valence-electron chi connectivity index (χ4n) is 2.17. The van der Waals surface area contributed by atoms with Crippen molar-refractivity contribution in [3.63, 3.8) is 0 Å². The molecule has 2 aromatic rings. The number of hydrogen-bond donors (Lipinski definition) is 3. The van der Waals surface area contributed by atoms with Gasteiger partial charge in [0.1, 0.15) is 0 Å². The first-order chi connectivity index (χ1) is 10.1. The largest absolute Gasteiger partial charge is 0.481 e. The van der Waals surface area contributed by atoms with Crippen molar-refractivity contribution in [2.24, 2.45) is 0 Å². The predicted molar refractivity (Wildman–Crippen MR) is 79.7 cm³/mol. The van der Waals surface area contributed by atoms with E-state index in [9.17, 15) is 14.7 Å². The molecule has 1 aromatic carbocycles. The number of nitrogens with one attached hydrogen (secondary N) is 2. The zero-order chi connectivity index (χ0) is 14.9. The van der Waals surface area contributed by atoms with Gasteiger partial charge in [0, 0.05) is 17.3 Å². The standard InChI is InChI=1S/C14H13N3O3S/c18-11(19)14(5-6-14)9-1-3-10(4-2-9)16-12(20)17-13-15-7-8-21-13/h1-4,7-8H,5-6H2,(H,18,19)(H2,15,16,17,20). The Morgan fingerprint density at radius 2 is 1.90 bits per heavy atom. The maximum Gasteiger partial charge on any atom is 0.325 e. The molecular weight excluding hydrogens is 290 g/mol. The Balaban J connectivity index is 1.65. The minimum atomic E-state index is -0.787. The second-order valence-electron chi connectivity index (χ2n) is 4.88. The Kier molecular flexibility index (Phi) is 3.34. The molecule has 1 heterocycles. The normalized spacial score (nSPS) is 15.2. The van der Waals surface area contributed by atoms with Crippen LogP contribution in [0.2, 0.25) is 0 Å². The Hall–Kier alpha value is -2.41. The molecule has 3 rings (SSSR count). The number of carboxylic acids is 1. The van der Waals surface area contributed by atoms with Crippen LogP contribution in [0.15, 0.2) is 35.8 Å². The molecule has 108 valence electrons. The number of aliphatic carboxylic acids is 1. The monoisotopic (exact) mass is 303 g/mol. The summed E-state index contributed by atoms with van der Waals surface area (Å²) in [5, 5.41) is 16.8. The summed E-state index contributed by atoms with van der Waals surface area (Å²) in [6.07, 6.45) is 2.94. The number of amides is 2. The maximum absolute atomic E-state index is 11.7. The van der Waals surface area contributed by atoms with E-state index in [2.05, 4.69) is 15.6 Å². The molecule has 1 aliphatic carbocycles. The number of carboxylic acid groups (broad SMARTS) is 1. The van der Waals surface area contributed by atoms with Crippen molar-refractivity contribution < 1.29 is 14.7 Å². The lowest BCUT2D eigenvalue weighted by molar-refractivity contribution is -0.140. The van der Waals surface area contributed by atoms with E-state index >= 15 is 0 Å². The van der Waals surface area contributed by atoms with Crippen LogP contribution in [0.4, 0.5) is 15.6 Å². The summed E-state index contributed by atoms with van der Waals surface area (Å²) in [5.74, 6) is -0.787. The molecule has 2 amide bonds. The molecule has 1 saturated carbocycles. The summed E-state index contributed by atoms with van der Waals surface area (Å²) in [4.78, 5) is 26.9. The Labute approximate surface area is 124 Å². The summed E-state index contributed by atoms with van der Waals surface area (Å²) in [6, 6.07) is 6.54. The summed E-state index contributed by atoms with van der Waals surface area (Å²) >= 11 is 1.33. The van der Waals surface area contributed by atoms with Gasteiger partial charge in [0.05, 0.1) is 5.41 Å². The van der Waals surface area contributed by atoms with Crippen LogP contribution in [0.25, 0.3) is 0 Å². The Bertz CT molecular complexity index is 663. The van der Waals surface area contributed by atoms with E-state index < -0.39 is 11.4 Å². The van der Waals surface area contributed by atoms with Crippen LogP contribution >= 0.6 is 11.3 Å². The highest BCUT2D eigenvalue weighted by atomic mass is 32.1. The van der Waals surface area contributed by atoms with Gasteiger partial charge in [-0.3, -0.25) is 10.1 Å². The molecule has 0 unspecified atom stereocenters.